The number of aromatic amines is 1. The molecule has 0 saturated heterocycles. The standard InChI is InChI=1S/C14H11N5OS2/c1-7-9(5-15)14(17-8(2)16-7)22-6-11-18-10-3-4-21-12(10)13(20)19-11/h3-4H,6H2,1-2H3,(H,18,19,20). The number of nitrogens with zero attached hydrogens (tertiary/aromatic N) is 4. The van der Waals surface area contributed by atoms with Crippen LogP contribution in [0.5, 0.6) is 0 Å². The molecule has 6 nitrogen and oxygen atoms in total. The van der Waals surface area contributed by atoms with Crippen LogP contribution in [0, 0.1) is 25.2 Å². The molecule has 0 aliphatic rings. The number of fused-ring (bicyclic) bond motifs is 1. The van der Waals surface area contributed by atoms with Gasteiger partial charge in [0.1, 0.15) is 33.0 Å². The molecule has 0 aromatic carbocycles. The molecular weight excluding hydrogens is 318 g/mol. The normalized spacial score (nSPS) is 10.8. The van der Waals surface area contributed by atoms with Crippen LogP contribution in [0.3, 0.4) is 0 Å². The largest absolute Gasteiger partial charge is 0.309 e. The molecule has 22 heavy (non-hydrogen) atoms. The summed E-state index contributed by atoms with van der Waals surface area (Å²) in [6.45, 7) is 3.57. The molecule has 3 rings (SSSR count). The van der Waals surface area contributed by atoms with Gasteiger partial charge in [-0.05, 0) is 25.3 Å². The van der Waals surface area contributed by atoms with Crippen molar-refractivity contribution in [3.05, 3.63) is 44.7 Å². The number of hydrogen-bond acceptors (Lipinski definition) is 7. The third kappa shape index (κ3) is 2.73. The predicted molar refractivity (Wildman–Crippen MR) is 86.0 cm³/mol. The van der Waals surface area contributed by atoms with E-state index in [4.69, 9.17) is 0 Å². The summed E-state index contributed by atoms with van der Waals surface area (Å²) in [5.41, 5.74) is 1.69. The van der Waals surface area contributed by atoms with Crippen LogP contribution in [0.2, 0.25) is 0 Å². The predicted octanol–water partition coefficient (Wildman–Crippen LogP) is 2.56. The van der Waals surface area contributed by atoms with Gasteiger partial charge in [-0.15, -0.1) is 11.3 Å². The quantitative estimate of drug-likeness (QED) is 0.586. The number of hydrogen-bond donors (Lipinski definition) is 1. The number of aromatic nitrogens is 4. The fraction of sp³-hybridized carbons (Fsp3) is 0.214. The van der Waals surface area contributed by atoms with Crippen LogP contribution in [0.4, 0.5) is 0 Å². The highest BCUT2D eigenvalue weighted by molar-refractivity contribution is 7.98. The van der Waals surface area contributed by atoms with Crippen LogP contribution in [-0.4, -0.2) is 19.9 Å². The molecule has 1 N–H and O–H groups in total. The first kappa shape index (κ1) is 14.7. The number of rotatable bonds is 3. The summed E-state index contributed by atoms with van der Waals surface area (Å²) in [5, 5.41) is 11.7. The minimum absolute atomic E-state index is 0.133. The highest BCUT2D eigenvalue weighted by Crippen LogP contribution is 2.25. The first-order valence-corrected chi connectivity index (χ1v) is 8.29. The Morgan fingerprint density at radius 2 is 2.18 bits per heavy atom. The zero-order valence-electron chi connectivity index (χ0n) is 11.9. The van der Waals surface area contributed by atoms with Gasteiger partial charge in [-0.3, -0.25) is 4.79 Å². The van der Waals surface area contributed by atoms with E-state index >= 15 is 0 Å². The summed E-state index contributed by atoms with van der Waals surface area (Å²) in [6, 6.07) is 3.95. The SMILES string of the molecule is Cc1nc(C)c(C#N)c(SCc2nc3ccsc3c(=O)[nH]2)n1. The number of thioether (sulfide) groups is 1. The molecule has 3 aromatic heterocycles. The summed E-state index contributed by atoms with van der Waals surface area (Å²) in [5.74, 6) is 1.62. The monoisotopic (exact) mass is 329 g/mol. The molecule has 0 bridgehead atoms. The van der Waals surface area contributed by atoms with Crippen LogP contribution >= 0.6 is 23.1 Å². The summed E-state index contributed by atoms with van der Waals surface area (Å²) in [7, 11) is 0. The van der Waals surface area contributed by atoms with Crippen molar-refractivity contribution in [2.24, 2.45) is 0 Å². The number of H-pyrrole nitrogens is 1. The molecule has 0 aliphatic carbocycles. The van der Waals surface area contributed by atoms with E-state index in [0.717, 1.165) is 0 Å². The van der Waals surface area contributed by atoms with Crippen molar-refractivity contribution in [3.63, 3.8) is 0 Å². The zero-order valence-corrected chi connectivity index (χ0v) is 13.5. The van der Waals surface area contributed by atoms with E-state index in [-0.39, 0.29) is 5.56 Å². The molecule has 110 valence electrons. The average molecular weight is 329 g/mol. The maximum absolute atomic E-state index is 11.9. The Labute approximate surface area is 134 Å². The zero-order chi connectivity index (χ0) is 15.7. The van der Waals surface area contributed by atoms with E-state index in [0.29, 0.717) is 43.9 Å². The van der Waals surface area contributed by atoms with Gasteiger partial charge in [-0.1, -0.05) is 11.8 Å². The molecule has 0 atom stereocenters. The van der Waals surface area contributed by atoms with E-state index in [9.17, 15) is 10.1 Å². The van der Waals surface area contributed by atoms with Crippen molar-refractivity contribution < 1.29 is 0 Å². The summed E-state index contributed by atoms with van der Waals surface area (Å²) < 4.78 is 0.625. The summed E-state index contributed by atoms with van der Waals surface area (Å²) in [4.78, 5) is 27.6. The lowest BCUT2D eigenvalue weighted by Crippen LogP contribution is -2.09. The second kappa shape index (κ2) is 5.87. The lowest BCUT2D eigenvalue weighted by Gasteiger charge is -2.06. The van der Waals surface area contributed by atoms with E-state index in [1.807, 2.05) is 11.4 Å². The van der Waals surface area contributed by atoms with Gasteiger partial charge in [0.05, 0.1) is 17.0 Å². The molecule has 0 unspecified atom stereocenters. The first-order chi connectivity index (χ1) is 10.6. The summed E-state index contributed by atoms with van der Waals surface area (Å²) in [6.07, 6.45) is 0. The minimum atomic E-state index is -0.133. The number of nitriles is 1. The van der Waals surface area contributed by atoms with Crippen LogP contribution in [0.15, 0.2) is 21.3 Å². The van der Waals surface area contributed by atoms with Crippen molar-refractivity contribution in [2.45, 2.75) is 24.6 Å². The van der Waals surface area contributed by atoms with E-state index in [1.54, 1.807) is 13.8 Å². The van der Waals surface area contributed by atoms with Crippen molar-refractivity contribution in [2.75, 3.05) is 0 Å². The van der Waals surface area contributed by atoms with Gasteiger partial charge in [-0.2, -0.15) is 5.26 Å². The molecule has 0 saturated carbocycles. The van der Waals surface area contributed by atoms with Gasteiger partial charge >= 0.3 is 0 Å². The van der Waals surface area contributed by atoms with Crippen LogP contribution in [0.25, 0.3) is 10.2 Å². The second-order valence-electron chi connectivity index (χ2n) is 4.58. The molecule has 0 amide bonds. The van der Waals surface area contributed by atoms with E-state index in [1.165, 1.54) is 23.1 Å². The number of thiophene rings is 1. The average Bonchev–Trinajstić information content (AvgIpc) is 2.93. The highest BCUT2D eigenvalue weighted by Gasteiger charge is 2.12. The van der Waals surface area contributed by atoms with Crippen molar-refractivity contribution >= 4 is 33.3 Å². The van der Waals surface area contributed by atoms with E-state index in [2.05, 4.69) is 26.0 Å². The molecule has 0 fully saturated rings. The smallest absolute Gasteiger partial charge is 0.268 e. The Hall–Kier alpha value is -2.24. The number of aryl methyl sites for hydroxylation is 2. The van der Waals surface area contributed by atoms with Gasteiger partial charge in [0.25, 0.3) is 5.56 Å². The third-order valence-electron chi connectivity index (χ3n) is 2.99. The maximum atomic E-state index is 11.9. The van der Waals surface area contributed by atoms with Crippen LogP contribution < -0.4 is 5.56 Å². The molecule has 0 radical (unpaired) electrons. The van der Waals surface area contributed by atoms with Crippen LogP contribution in [0.1, 0.15) is 22.9 Å². The molecular formula is C14H11N5OS2. The maximum Gasteiger partial charge on any atom is 0.268 e. The minimum Gasteiger partial charge on any atom is -0.309 e. The van der Waals surface area contributed by atoms with Gasteiger partial charge in [0, 0.05) is 0 Å². The highest BCUT2D eigenvalue weighted by atomic mass is 32.2. The lowest BCUT2D eigenvalue weighted by atomic mass is 10.3. The lowest BCUT2D eigenvalue weighted by molar-refractivity contribution is 0.921. The Balaban J connectivity index is 1.91. The molecule has 0 aliphatic heterocycles. The van der Waals surface area contributed by atoms with Crippen LogP contribution in [-0.2, 0) is 5.75 Å². The molecule has 3 aromatic rings. The van der Waals surface area contributed by atoms with Crippen molar-refractivity contribution in [1.29, 1.82) is 5.26 Å². The van der Waals surface area contributed by atoms with Gasteiger partial charge in [-0.25, -0.2) is 15.0 Å². The van der Waals surface area contributed by atoms with Gasteiger partial charge < -0.3 is 4.98 Å². The Morgan fingerprint density at radius 1 is 1.36 bits per heavy atom. The Morgan fingerprint density at radius 3 is 2.95 bits per heavy atom. The van der Waals surface area contributed by atoms with Crippen molar-refractivity contribution in [3.8, 4) is 6.07 Å². The Kier molecular flexibility index (Phi) is 3.92. The number of nitrogens with one attached hydrogen (secondary N) is 1. The van der Waals surface area contributed by atoms with Gasteiger partial charge in [0.15, 0.2) is 0 Å². The third-order valence-corrected chi connectivity index (χ3v) is 4.88. The first-order valence-electron chi connectivity index (χ1n) is 6.43. The summed E-state index contributed by atoms with van der Waals surface area (Å²) >= 11 is 2.74. The topological polar surface area (TPSA) is 95.3 Å². The Bertz CT molecular complexity index is 954. The molecule has 8 heteroatoms. The van der Waals surface area contributed by atoms with Crippen molar-refractivity contribution in [1.82, 2.24) is 19.9 Å². The molecule has 3 heterocycles. The second-order valence-corrected chi connectivity index (χ2v) is 6.46. The van der Waals surface area contributed by atoms with E-state index < -0.39 is 0 Å². The fourth-order valence-corrected chi connectivity index (χ4v) is 3.71. The molecule has 0 spiro atoms. The fourth-order valence-electron chi connectivity index (χ4n) is 2.04. The van der Waals surface area contributed by atoms with Gasteiger partial charge in [0.2, 0.25) is 0 Å².